The van der Waals surface area contributed by atoms with Gasteiger partial charge in [-0.05, 0) is 92.5 Å². The van der Waals surface area contributed by atoms with Gasteiger partial charge in [-0.15, -0.1) is 0 Å². The summed E-state index contributed by atoms with van der Waals surface area (Å²) in [5, 5.41) is 0. The Morgan fingerprint density at radius 2 is 1.34 bits per heavy atom. The summed E-state index contributed by atoms with van der Waals surface area (Å²) in [6.07, 6.45) is -0.499. The van der Waals surface area contributed by atoms with E-state index in [0.717, 1.165) is 5.56 Å². The van der Waals surface area contributed by atoms with Gasteiger partial charge in [0.05, 0.1) is 13.2 Å². The number of benzene rings is 3. The van der Waals surface area contributed by atoms with Gasteiger partial charge >= 0.3 is 18.0 Å². The first kappa shape index (κ1) is 34.3. The third-order valence-corrected chi connectivity index (χ3v) is 6.70. The van der Waals surface area contributed by atoms with Gasteiger partial charge in [0, 0.05) is 17.6 Å². The minimum atomic E-state index is -4.35. The van der Waals surface area contributed by atoms with E-state index in [1.54, 1.807) is 32.0 Å². The van der Waals surface area contributed by atoms with Crippen molar-refractivity contribution >= 4 is 11.9 Å². The highest BCUT2D eigenvalue weighted by atomic mass is 19.3. The molecular weight excluding hydrogens is 583 g/mol. The van der Waals surface area contributed by atoms with Gasteiger partial charge in [0.2, 0.25) is 0 Å². The maximum atomic E-state index is 14.9. The molecule has 0 N–H and O–H groups in total. The van der Waals surface area contributed by atoms with Gasteiger partial charge in [-0.1, -0.05) is 37.8 Å². The zero-order chi connectivity index (χ0) is 32.3. The topological polar surface area (TPSA) is 61.8 Å². The molecule has 10 heteroatoms. The second kappa shape index (κ2) is 16.0. The normalized spacial score (nSPS) is 11.2. The predicted molar refractivity (Wildman–Crippen MR) is 156 cm³/mol. The van der Waals surface area contributed by atoms with Crippen molar-refractivity contribution in [2.45, 2.75) is 64.9 Å². The highest BCUT2D eigenvalue weighted by molar-refractivity contribution is 5.86. The Morgan fingerprint density at radius 1 is 0.773 bits per heavy atom. The molecular formula is C34H35F5O5. The smallest absolute Gasteiger partial charge is 0.432 e. The Balaban J connectivity index is 1.61. The molecule has 0 fully saturated rings. The molecule has 0 spiro atoms. The molecule has 0 aliphatic carbocycles. The van der Waals surface area contributed by atoms with E-state index in [9.17, 15) is 31.5 Å². The number of unbranched alkanes of at least 4 members (excludes halogenated alkanes) is 2. The van der Waals surface area contributed by atoms with Crippen LogP contribution in [0.2, 0.25) is 0 Å². The van der Waals surface area contributed by atoms with Crippen LogP contribution in [-0.2, 0) is 38.0 Å². The van der Waals surface area contributed by atoms with Crippen molar-refractivity contribution in [3.05, 3.63) is 101 Å². The molecule has 0 aliphatic heterocycles. The summed E-state index contributed by atoms with van der Waals surface area (Å²) in [7, 11) is 0. The molecule has 44 heavy (non-hydrogen) atoms. The summed E-state index contributed by atoms with van der Waals surface area (Å²) in [6, 6.07) is 11.1. The van der Waals surface area contributed by atoms with Gasteiger partial charge in [-0.3, -0.25) is 4.79 Å². The first-order chi connectivity index (χ1) is 20.9. The van der Waals surface area contributed by atoms with Crippen LogP contribution in [0.3, 0.4) is 0 Å². The molecule has 3 rings (SSSR count). The fourth-order valence-corrected chi connectivity index (χ4v) is 4.32. The summed E-state index contributed by atoms with van der Waals surface area (Å²) in [6.45, 7) is 7.23. The Labute approximate surface area is 253 Å². The number of carbonyl (C=O) groups is 2. The van der Waals surface area contributed by atoms with E-state index < -0.39 is 35.1 Å². The third kappa shape index (κ3) is 9.92. The van der Waals surface area contributed by atoms with Crippen LogP contribution in [0.15, 0.2) is 66.7 Å². The highest BCUT2D eigenvalue weighted by Gasteiger charge is 2.41. The van der Waals surface area contributed by atoms with Crippen LogP contribution in [-0.4, -0.2) is 25.2 Å². The van der Waals surface area contributed by atoms with Crippen molar-refractivity contribution in [2.75, 3.05) is 13.2 Å². The lowest BCUT2D eigenvalue weighted by molar-refractivity contribution is -0.189. The maximum absolute atomic E-state index is 14.9. The van der Waals surface area contributed by atoms with Gasteiger partial charge in [-0.2, -0.15) is 8.78 Å². The van der Waals surface area contributed by atoms with Crippen molar-refractivity contribution in [3.63, 3.8) is 0 Å². The van der Waals surface area contributed by atoms with Crippen LogP contribution in [0, 0.1) is 17.5 Å². The van der Waals surface area contributed by atoms with E-state index >= 15 is 0 Å². The highest BCUT2D eigenvalue weighted by Crippen LogP contribution is 2.37. The molecule has 0 aromatic heterocycles. The summed E-state index contributed by atoms with van der Waals surface area (Å²) in [5.74, 6) is -5.00. The Bertz CT molecular complexity index is 1430. The standard InChI is InChI=1S/C34H35F5O5/c1-4-31(40)42-17-7-5-9-23-11-14-26(15-12-23)44-34(38,39)32-29(36)20-25(21-30(32)37)27-16-13-24(19-28(27)35)10-6-8-18-43-33(41)22(2)3/h11-16,19-21H,2,4-10,17-18H2,1,3H3. The van der Waals surface area contributed by atoms with Crippen molar-refractivity contribution < 1.29 is 45.8 Å². The molecule has 3 aromatic rings. The third-order valence-electron chi connectivity index (χ3n) is 6.70. The Morgan fingerprint density at radius 3 is 1.91 bits per heavy atom. The second-order valence-corrected chi connectivity index (χ2v) is 10.3. The van der Waals surface area contributed by atoms with Gasteiger partial charge in [0.25, 0.3) is 0 Å². The molecule has 0 saturated heterocycles. The molecule has 5 nitrogen and oxygen atoms in total. The van der Waals surface area contributed by atoms with E-state index in [1.165, 1.54) is 24.3 Å². The number of carbonyl (C=O) groups excluding carboxylic acids is 2. The quantitative estimate of drug-likeness (QED) is 0.0696. The van der Waals surface area contributed by atoms with E-state index in [0.29, 0.717) is 74.8 Å². The molecule has 0 aliphatic rings. The molecule has 0 bridgehead atoms. The number of hydrogen-bond acceptors (Lipinski definition) is 5. The summed E-state index contributed by atoms with van der Waals surface area (Å²) in [5.41, 5.74) is -0.264. The Kier molecular flexibility index (Phi) is 12.5. The van der Waals surface area contributed by atoms with Gasteiger partial charge < -0.3 is 14.2 Å². The number of hydrogen-bond donors (Lipinski definition) is 0. The van der Waals surface area contributed by atoms with Crippen molar-refractivity contribution in [2.24, 2.45) is 0 Å². The number of aryl methyl sites for hydroxylation is 2. The first-order valence-electron chi connectivity index (χ1n) is 14.3. The lowest BCUT2D eigenvalue weighted by Crippen LogP contribution is -2.25. The van der Waals surface area contributed by atoms with Crippen LogP contribution >= 0.6 is 0 Å². The lowest BCUT2D eigenvalue weighted by Gasteiger charge is -2.20. The van der Waals surface area contributed by atoms with Crippen molar-refractivity contribution in [1.29, 1.82) is 0 Å². The molecule has 0 saturated carbocycles. The molecule has 0 amide bonds. The largest absolute Gasteiger partial charge is 0.466 e. The van der Waals surface area contributed by atoms with E-state index in [4.69, 9.17) is 9.47 Å². The predicted octanol–water partition coefficient (Wildman–Crippen LogP) is 8.62. The SMILES string of the molecule is C=C(C)C(=O)OCCCCc1ccc(-c2cc(F)c(C(F)(F)Oc3ccc(CCCCOC(=O)CC)cc3)c(F)c2)c(F)c1. The van der Waals surface area contributed by atoms with Crippen LogP contribution < -0.4 is 4.74 Å². The molecule has 0 radical (unpaired) electrons. The zero-order valence-electron chi connectivity index (χ0n) is 24.7. The fourth-order valence-electron chi connectivity index (χ4n) is 4.32. The average Bonchev–Trinajstić information content (AvgIpc) is 2.96. The van der Waals surface area contributed by atoms with Crippen molar-refractivity contribution in [3.8, 4) is 16.9 Å². The van der Waals surface area contributed by atoms with Gasteiger partial charge in [-0.25, -0.2) is 18.0 Å². The zero-order valence-corrected chi connectivity index (χ0v) is 24.7. The maximum Gasteiger partial charge on any atom is 0.432 e. The van der Waals surface area contributed by atoms with Crippen LogP contribution in [0.4, 0.5) is 22.0 Å². The summed E-state index contributed by atoms with van der Waals surface area (Å²) >= 11 is 0. The molecule has 0 atom stereocenters. The number of ether oxygens (including phenoxy) is 3. The van der Waals surface area contributed by atoms with Crippen LogP contribution in [0.1, 0.15) is 62.6 Å². The van der Waals surface area contributed by atoms with Gasteiger partial charge in [0.15, 0.2) is 0 Å². The number of alkyl halides is 2. The average molecular weight is 619 g/mol. The minimum Gasteiger partial charge on any atom is -0.466 e. The summed E-state index contributed by atoms with van der Waals surface area (Å²) in [4.78, 5) is 22.5. The Hall–Kier alpha value is -4.21. The second-order valence-electron chi connectivity index (χ2n) is 10.3. The molecule has 3 aromatic carbocycles. The van der Waals surface area contributed by atoms with Crippen LogP contribution in [0.25, 0.3) is 11.1 Å². The number of esters is 2. The van der Waals surface area contributed by atoms with Crippen molar-refractivity contribution in [1.82, 2.24) is 0 Å². The fraction of sp³-hybridized carbons (Fsp3) is 0.353. The number of halogens is 5. The van der Waals surface area contributed by atoms with E-state index in [2.05, 4.69) is 11.3 Å². The monoisotopic (exact) mass is 618 g/mol. The number of rotatable bonds is 16. The molecule has 0 unspecified atom stereocenters. The van der Waals surface area contributed by atoms with E-state index in [-0.39, 0.29) is 29.5 Å². The minimum absolute atomic E-state index is 0.156. The van der Waals surface area contributed by atoms with Gasteiger partial charge in [0.1, 0.15) is 28.8 Å². The molecule has 236 valence electrons. The summed E-state index contributed by atoms with van der Waals surface area (Å²) < 4.78 is 89.2. The van der Waals surface area contributed by atoms with E-state index in [1.807, 2.05) is 0 Å². The molecule has 0 heterocycles. The van der Waals surface area contributed by atoms with Crippen LogP contribution in [0.5, 0.6) is 5.75 Å². The lowest BCUT2D eigenvalue weighted by atomic mass is 9.99. The first-order valence-corrected chi connectivity index (χ1v) is 14.3.